The topological polar surface area (TPSA) is 59.8 Å². The summed E-state index contributed by atoms with van der Waals surface area (Å²) >= 11 is 1.37. The molecule has 1 aromatic heterocycles. The number of anilines is 1. The van der Waals surface area contributed by atoms with Crippen LogP contribution in [0.3, 0.4) is 0 Å². The Morgan fingerprint density at radius 3 is 2.50 bits per heavy atom. The number of aromatic nitrogens is 3. The Balaban J connectivity index is 1.49. The van der Waals surface area contributed by atoms with Crippen LogP contribution in [0.5, 0.6) is 0 Å². The highest BCUT2D eigenvalue weighted by Crippen LogP contribution is 2.28. The average molecular weight is 415 g/mol. The zero-order chi connectivity index (χ0) is 20.9. The van der Waals surface area contributed by atoms with E-state index >= 15 is 0 Å². The normalized spacial score (nSPS) is 10.7. The average Bonchev–Trinajstić information content (AvgIpc) is 3.13. The van der Waals surface area contributed by atoms with Gasteiger partial charge in [-0.15, -0.1) is 10.2 Å². The van der Waals surface area contributed by atoms with Gasteiger partial charge in [0.1, 0.15) is 5.82 Å². The van der Waals surface area contributed by atoms with Gasteiger partial charge in [0.25, 0.3) is 0 Å². The van der Waals surface area contributed by atoms with E-state index in [9.17, 15) is 4.79 Å². The van der Waals surface area contributed by atoms with E-state index in [1.807, 2.05) is 91.2 Å². The van der Waals surface area contributed by atoms with Crippen molar-refractivity contribution in [2.24, 2.45) is 0 Å². The molecule has 0 aliphatic carbocycles. The molecule has 1 amide bonds. The zero-order valence-corrected chi connectivity index (χ0v) is 17.7. The van der Waals surface area contributed by atoms with Gasteiger partial charge < -0.3 is 5.32 Å². The smallest absolute Gasteiger partial charge is 0.234 e. The minimum absolute atomic E-state index is 0.0835. The third-order valence-corrected chi connectivity index (χ3v) is 5.60. The van der Waals surface area contributed by atoms with E-state index in [0.29, 0.717) is 5.16 Å². The predicted octanol–water partition coefficient (Wildman–Crippen LogP) is 5.28. The highest BCUT2D eigenvalue weighted by atomic mass is 32.2. The van der Waals surface area contributed by atoms with Crippen molar-refractivity contribution in [1.29, 1.82) is 0 Å². The molecule has 6 heteroatoms. The maximum atomic E-state index is 12.7. The second kappa shape index (κ2) is 8.97. The van der Waals surface area contributed by atoms with E-state index in [1.165, 1.54) is 11.8 Å². The molecule has 0 spiro atoms. The fraction of sp³-hybridized carbons (Fsp3) is 0.125. The highest BCUT2D eigenvalue weighted by molar-refractivity contribution is 7.99. The molecule has 0 saturated heterocycles. The molecule has 0 unspecified atom stereocenters. The van der Waals surface area contributed by atoms with Gasteiger partial charge in [0.15, 0.2) is 5.16 Å². The summed E-state index contributed by atoms with van der Waals surface area (Å²) in [7, 11) is 0. The first kappa shape index (κ1) is 19.9. The molecule has 30 heavy (non-hydrogen) atoms. The largest absolute Gasteiger partial charge is 0.325 e. The van der Waals surface area contributed by atoms with Crippen molar-refractivity contribution >= 4 is 23.4 Å². The third kappa shape index (κ3) is 4.44. The fourth-order valence-corrected chi connectivity index (χ4v) is 4.08. The van der Waals surface area contributed by atoms with Gasteiger partial charge in [-0.2, -0.15) is 0 Å². The Bertz CT molecular complexity index is 1170. The number of rotatable bonds is 6. The van der Waals surface area contributed by atoms with Crippen molar-refractivity contribution in [3.8, 4) is 16.8 Å². The first-order chi connectivity index (χ1) is 14.6. The number of aryl methyl sites for hydroxylation is 2. The Hall–Kier alpha value is -3.38. The molecule has 0 aliphatic heterocycles. The first-order valence-electron chi connectivity index (χ1n) is 9.68. The molecule has 0 bridgehead atoms. The Labute approximate surface area is 180 Å². The number of carbonyl (C=O) groups excluding carboxylic acids is 1. The van der Waals surface area contributed by atoms with Gasteiger partial charge >= 0.3 is 0 Å². The second-order valence-electron chi connectivity index (χ2n) is 6.95. The summed E-state index contributed by atoms with van der Waals surface area (Å²) in [4.78, 5) is 12.7. The summed E-state index contributed by atoms with van der Waals surface area (Å²) < 4.78 is 1.98. The molecule has 3 aromatic carbocycles. The van der Waals surface area contributed by atoms with E-state index in [4.69, 9.17) is 0 Å². The second-order valence-corrected chi connectivity index (χ2v) is 7.90. The van der Waals surface area contributed by atoms with Crippen LogP contribution in [0.15, 0.2) is 84.0 Å². The lowest BCUT2D eigenvalue weighted by Gasteiger charge is -2.12. The summed E-state index contributed by atoms with van der Waals surface area (Å²) in [5.74, 6) is 0.949. The molecule has 0 atom stereocenters. The molecule has 1 heterocycles. The molecule has 0 saturated carbocycles. The maximum Gasteiger partial charge on any atom is 0.234 e. The number of carbonyl (C=O) groups is 1. The van der Waals surface area contributed by atoms with Crippen molar-refractivity contribution in [2.75, 3.05) is 11.1 Å². The molecule has 150 valence electrons. The molecule has 0 aliphatic rings. The molecule has 0 radical (unpaired) electrons. The van der Waals surface area contributed by atoms with Gasteiger partial charge in [-0.1, -0.05) is 72.4 Å². The molecule has 1 N–H and O–H groups in total. The highest BCUT2D eigenvalue weighted by Gasteiger charge is 2.14. The minimum atomic E-state index is -0.0835. The summed E-state index contributed by atoms with van der Waals surface area (Å²) in [6.07, 6.45) is 0. The molecule has 4 rings (SSSR count). The lowest BCUT2D eigenvalue weighted by atomic mass is 10.0. The van der Waals surface area contributed by atoms with Gasteiger partial charge in [-0.25, -0.2) is 0 Å². The van der Waals surface area contributed by atoms with Crippen LogP contribution in [0, 0.1) is 13.8 Å². The van der Waals surface area contributed by atoms with Gasteiger partial charge in [-0.3, -0.25) is 9.36 Å². The van der Waals surface area contributed by atoms with Crippen LogP contribution in [0.2, 0.25) is 0 Å². The fourth-order valence-electron chi connectivity index (χ4n) is 3.28. The number of para-hydroxylation sites is 1. The number of thioether (sulfide) groups is 1. The molecule has 4 aromatic rings. The summed E-state index contributed by atoms with van der Waals surface area (Å²) in [5.41, 5.74) is 5.01. The molecular weight excluding hydrogens is 392 g/mol. The molecular formula is C24H22N4OS. The summed E-state index contributed by atoms with van der Waals surface area (Å²) in [6, 6.07) is 26.0. The molecule has 5 nitrogen and oxygen atoms in total. The first-order valence-corrected chi connectivity index (χ1v) is 10.7. The number of amides is 1. The van der Waals surface area contributed by atoms with Crippen LogP contribution >= 0.6 is 11.8 Å². The van der Waals surface area contributed by atoms with E-state index in [1.54, 1.807) is 0 Å². The van der Waals surface area contributed by atoms with Gasteiger partial charge in [0, 0.05) is 16.9 Å². The van der Waals surface area contributed by atoms with Crippen molar-refractivity contribution in [3.05, 3.63) is 90.3 Å². The van der Waals surface area contributed by atoms with Crippen molar-refractivity contribution in [2.45, 2.75) is 19.0 Å². The van der Waals surface area contributed by atoms with E-state index in [0.717, 1.165) is 33.9 Å². The zero-order valence-electron chi connectivity index (χ0n) is 16.9. The standard InChI is InChI=1S/C24H22N4OS/c1-17-9-8-12-20(15-17)28-18(2)26-27-24(28)30-16-23(29)25-22-14-7-6-13-21(22)19-10-4-3-5-11-19/h3-15H,16H2,1-2H3,(H,25,29). The predicted molar refractivity (Wildman–Crippen MR) is 122 cm³/mol. The third-order valence-electron chi connectivity index (χ3n) is 4.67. The monoisotopic (exact) mass is 414 g/mol. The summed E-state index contributed by atoms with van der Waals surface area (Å²) in [5, 5.41) is 12.2. The SMILES string of the molecule is Cc1cccc(-n2c(C)nnc2SCC(=O)Nc2ccccc2-c2ccccc2)c1. The lowest BCUT2D eigenvalue weighted by molar-refractivity contribution is -0.113. The van der Waals surface area contributed by atoms with Crippen LogP contribution in [0.4, 0.5) is 5.69 Å². The van der Waals surface area contributed by atoms with Crippen molar-refractivity contribution in [3.63, 3.8) is 0 Å². The van der Waals surface area contributed by atoms with Crippen LogP contribution in [0.1, 0.15) is 11.4 Å². The van der Waals surface area contributed by atoms with Gasteiger partial charge in [0.2, 0.25) is 5.91 Å². The number of nitrogens with zero attached hydrogens (tertiary/aromatic N) is 3. The molecule has 0 fully saturated rings. The van der Waals surface area contributed by atoms with Gasteiger partial charge in [0.05, 0.1) is 5.75 Å². The van der Waals surface area contributed by atoms with E-state index in [-0.39, 0.29) is 11.7 Å². The Morgan fingerprint density at radius 2 is 1.70 bits per heavy atom. The van der Waals surface area contributed by atoms with Gasteiger partial charge in [-0.05, 0) is 43.2 Å². The van der Waals surface area contributed by atoms with Crippen LogP contribution < -0.4 is 5.32 Å². The van der Waals surface area contributed by atoms with E-state index < -0.39 is 0 Å². The van der Waals surface area contributed by atoms with Crippen LogP contribution in [0.25, 0.3) is 16.8 Å². The number of benzene rings is 3. The quantitative estimate of drug-likeness (QED) is 0.436. The number of nitrogens with one attached hydrogen (secondary N) is 1. The van der Waals surface area contributed by atoms with Crippen LogP contribution in [-0.4, -0.2) is 26.4 Å². The Morgan fingerprint density at radius 1 is 0.933 bits per heavy atom. The Kier molecular flexibility index (Phi) is 5.95. The van der Waals surface area contributed by atoms with E-state index in [2.05, 4.69) is 21.6 Å². The summed E-state index contributed by atoms with van der Waals surface area (Å²) in [6.45, 7) is 3.96. The van der Waals surface area contributed by atoms with Crippen molar-refractivity contribution in [1.82, 2.24) is 14.8 Å². The minimum Gasteiger partial charge on any atom is -0.325 e. The van der Waals surface area contributed by atoms with Crippen LogP contribution in [-0.2, 0) is 4.79 Å². The number of hydrogen-bond acceptors (Lipinski definition) is 4. The number of hydrogen-bond donors (Lipinski definition) is 1. The lowest BCUT2D eigenvalue weighted by Crippen LogP contribution is -2.15. The maximum absolute atomic E-state index is 12.7. The van der Waals surface area contributed by atoms with Crippen molar-refractivity contribution < 1.29 is 4.79 Å².